The standard InChI is InChI=1S/C24H20FN9O2/c1-13-19(36-15-4-5-34-20(7-15)28-12-30-34)3-2-17(21(13)25)31-23-22-18(27-11-29-23)8-26-24(32-22)33-9-16-6-14(33)10-35-16/h2-5,7-8,11-12,14,16H,6,9-10H2,1H3,(H,27,29,31)/t14-,16-/m0/s1. The number of rotatable bonds is 5. The highest BCUT2D eigenvalue weighted by atomic mass is 19.1. The molecule has 0 spiro atoms. The minimum Gasteiger partial charge on any atom is -0.457 e. The van der Waals surface area contributed by atoms with Gasteiger partial charge in [-0.05, 0) is 31.5 Å². The van der Waals surface area contributed by atoms with Crippen molar-refractivity contribution in [3.05, 3.63) is 60.7 Å². The molecule has 180 valence electrons. The zero-order valence-corrected chi connectivity index (χ0v) is 19.2. The Kier molecular flexibility index (Phi) is 4.67. The van der Waals surface area contributed by atoms with Crippen molar-refractivity contribution in [2.45, 2.75) is 25.5 Å². The van der Waals surface area contributed by atoms with Crippen LogP contribution >= 0.6 is 0 Å². The Morgan fingerprint density at radius 2 is 2.08 bits per heavy atom. The van der Waals surface area contributed by atoms with Gasteiger partial charge in [-0.15, -0.1) is 0 Å². The summed E-state index contributed by atoms with van der Waals surface area (Å²) in [6.07, 6.45) is 7.46. The summed E-state index contributed by atoms with van der Waals surface area (Å²) in [5.41, 5.74) is 2.32. The van der Waals surface area contributed by atoms with E-state index in [0.29, 0.717) is 52.1 Å². The second-order valence-corrected chi connectivity index (χ2v) is 8.83. The normalized spacial score (nSPS) is 18.9. The molecule has 36 heavy (non-hydrogen) atoms. The number of pyridine rings is 1. The minimum absolute atomic E-state index is 0.218. The van der Waals surface area contributed by atoms with Crippen molar-refractivity contribution in [1.29, 1.82) is 0 Å². The van der Waals surface area contributed by atoms with E-state index in [2.05, 4.69) is 35.3 Å². The topological polar surface area (TPSA) is 115 Å². The molecule has 5 aromatic rings. The van der Waals surface area contributed by atoms with Crippen LogP contribution in [-0.2, 0) is 4.74 Å². The number of fused-ring (bicyclic) bond motifs is 4. The first-order chi connectivity index (χ1) is 17.6. The molecule has 1 aromatic carbocycles. The van der Waals surface area contributed by atoms with Gasteiger partial charge < -0.3 is 19.7 Å². The molecule has 2 aliphatic rings. The summed E-state index contributed by atoms with van der Waals surface area (Å²) >= 11 is 0. The maximum Gasteiger partial charge on any atom is 0.226 e. The summed E-state index contributed by atoms with van der Waals surface area (Å²) in [5, 5.41) is 7.15. The molecule has 0 saturated carbocycles. The molecular weight excluding hydrogens is 465 g/mol. The first-order valence-corrected chi connectivity index (χ1v) is 11.5. The number of hydrogen-bond donors (Lipinski definition) is 1. The average Bonchev–Trinajstić information content (AvgIpc) is 3.66. The van der Waals surface area contributed by atoms with E-state index in [4.69, 9.17) is 14.5 Å². The Morgan fingerprint density at radius 3 is 2.94 bits per heavy atom. The van der Waals surface area contributed by atoms with Crippen LogP contribution < -0.4 is 15.0 Å². The molecule has 12 heteroatoms. The fraction of sp³-hybridized carbons (Fsp3) is 0.250. The molecule has 0 amide bonds. The third kappa shape index (κ3) is 3.45. The Hall–Kier alpha value is -4.45. The predicted molar refractivity (Wildman–Crippen MR) is 128 cm³/mol. The summed E-state index contributed by atoms with van der Waals surface area (Å²) in [5.74, 6) is 1.47. The maximum absolute atomic E-state index is 15.4. The molecule has 11 nitrogen and oxygen atoms in total. The summed E-state index contributed by atoms with van der Waals surface area (Å²) in [4.78, 5) is 24.1. The van der Waals surface area contributed by atoms with Crippen LogP contribution in [0.1, 0.15) is 12.0 Å². The Morgan fingerprint density at radius 1 is 1.14 bits per heavy atom. The van der Waals surface area contributed by atoms with Gasteiger partial charge in [-0.25, -0.2) is 33.8 Å². The predicted octanol–water partition coefficient (Wildman–Crippen LogP) is 3.42. The number of nitrogens with one attached hydrogen (secondary N) is 1. The lowest BCUT2D eigenvalue weighted by Crippen LogP contribution is -2.38. The molecule has 1 N–H and O–H groups in total. The van der Waals surface area contributed by atoms with Gasteiger partial charge in [0.2, 0.25) is 5.95 Å². The van der Waals surface area contributed by atoms with E-state index in [9.17, 15) is 0 Å². The van der Waals surface area contributed by atoms with Crippen LogP contribution in [0.15, 0.2) is 49.3 Å². The molecule has 0 unspecified atom stereocenters. The quantitative estimate of drug-likeness (QED) is 0.397. The van der Waals surface area contributed by atoms with Crippen LogP contribution in [-0.4, -0.2) is 59.8 Å². The third-order valence-corrected chi connectivity index (χ3v) is 6.59. The lowest BCUT2D eigenvalue weighted by molar-refractivity contribution is 0.0986. The van der Waals surface area contributed by atoms with E-state index in [1.165, 1.54) is 12.7 Å². The lowest BCUT2D eigenvalue weighted by Gasteiger charge is -2.26. The van der Waals surface area contributed by atoms with Gasteiger partial charge in [0.1, 0.15) is 35.2 Å². The lowest BCUT2D eigenvalue weighted by atomic mass is 10.1. The van der Waals surface area contributed by atoms with Crippen LogP contribution in [0.5, 0.6) is 11.5 Å². The smallest absolute Gasteiger partial charge is 0.226 e. The average molecular weight is 485 g/mol. The second-order valence-electron chi connectivity index (χ2n) is 8.83. The van der Waals surface area contributed by atoms with E-state index in [1.807, 2.05) is 0 Å². The molecule has 0 radical (unpaired) electrons. The van der Waals surface area contributed by atoms with Crippen molar-refractivity contribution >= 4 is 34.1 Å². The van der Waals surface area contributed by atoms with E-state index in [1.54, 1.807) is 48.1 Å². The van der Waals surface area contributed by atoms with Crippen molar-refractivity contribution in [1.82, 2.24) is 34.5 Å². The van der Waals surface area contributed by atoms with Gasteiger partial charge in [-0.3, -0.25) is 0 Å². The number of nitrogens with zero attached hydrogens (tertiary/aromatic N) is 8. The third-order valence-electron chi connectivity index (χ3n) is 6.59. The number of ether oxygens (including phenoxy) is 2. The van der Waals surface area contributed by atoms with Crippen molar-refractivity contribution in [2.24, 2.45) is 0 Å². The summed E-state index contributed by atoms with van der Waals surface area (Å²) in [6.45, 7) is 3.09. The molecule has 2 saturated heterocycles. The number of aromatic nitrogens is 7. The fourth-order valence-corrected chi connectivity index (χ4v) is 4.71. The van der Waals surface area contributed by atoms with Gasteiger partial charge >= 0.3 is 0 Å². The maximum atomic E-state index is 15.4. The molecule has 6 heterocycles. The van der Waals surface area contributed by atoms with Gasteiger partial charge in [-0.1, -0.05) is 0 Å². The Labute approximate surface area is 204 Å². The van der Waals surface area contributed by atoms with Crippen LogP contribution in [0, 0.1) is 12.7 Å². The SMILES string of the molecule is Cc1c(Oc2ccn3ncnc3c2)ccc(Nc2ncnc3cnc(N4C[C@@H]5C[C@H]4CO5)nc23)c1F. The number of benzene rings is 1. The van der Waals surface area contributed by atoms with Crippen molar-refractivity contribution in [3.8, 4) is 11.5 Å². The summed E-state index contributed by atoms with van der Waals surface area (Å²) in [6, 6.07) is 7.07. The fourth-order valence-electron chi connectivity index (χ4n) is 4.71. The molecule has 2 fully saturated rings. The Bertz CT molecular complexity index is 1620. The number of anilines is 3. The van der Waals surface area contributed by atoms with Gasteiger partial charge in [0, 0.05) is 24.4 Å². The summed E-state index contributed by atoms with van der Waals surface area (Å²) < 4.78 is 28.7. The second kappa shape index (κ2) is 8.05. The zero-order chi connectivity index (χ0) is 24.2. The van der Waals surface area contributed by atoms with Crippen LogP contribution in [0.3, 0.4) is 0 Å². The number of hydrogen-bond acceptors (Lipinski definition) is 10. The van der Waals surface area contributed by atoms with E-state index < -0.39 is 5.82 Å². The van der Waals surface area contributed by atoms with Crippen molar-refractivity contribution in [3.63, 3.8) is 0 Å². The molecule has 2 atom stereocenters. The molecule has 7 rings (SSSR count). The van der Waals surface area contributed by atoms with Gasteiger partial charge in [0.15, 0.2) is 17.3 Å². The first kappa shape index (κ1) is 20.9. The molecule has 4 aromatic heterocycles. The number of morpholine rings is 1. The highest BCUT2D eigenvalue weighted by Crippen LogP contribution is 2.34. The van der Waals surface area contributed by atoms with Crippen molar-refractivity contribution in [2.75, 3.05) is 23.4 Å². The number of halogens is 1. The van der Waals surface area contributed by atoms with Gasteiger partial charge in [0.25, 0.3) is 0 Å². The highest BCUT2D eigenvalue weighted by molar-refractivity contribution is 5.87. The first-order valence-electron chi connectivity index (χ1n) is 11.5. The van der Waals surface area contributed by atoms with Crippen LogP contribution in [0.4, 0.5) is 21.8 Å². The van der Waals surface area contributed by atoms with Crippen LogP contribution in [0.25, 0.3) is 16.7 Å². The van der Waals surface area contributed by atoms with Gasteiger partial charge in [0.05, 0.1) is 30.6 Å². The Balaban J connectivity index is 1.18. The van der Waals surface area contributed by atoms with E-state index >= 15 is 4.39 Å². The monoisotopic (exact) mass is 485 g/mol. The van der Waals surface area contributed by atoms with E-state index in [0.717, 1.165) is 13.0 Å². The molecule has 0 aliphatic carbocycles. The summed E-state index contributed by atoms with van der Waals surface area (Å²) in [7, 11) is 0. The molecule has 2 bridgehead atoms. The molecule has 2 aliphatic heterocycles. The minimum atomic E-state index is -0.453. The molecular formula is C24H20FN9O2. The van der Waals surface area contributed by atoms with Crippen molar-refractivity contribution < 1.29 is 13.9 Å². The largest absolute Gasteiger partial charge is 0.457 e. The van der Waals surface area contributed by atoms with E-state index in [-0.39, 0.29) is 17.8 Å². The zero-order valence-electron chi connectivity index (χ0n) is 19.2. The highest BCUT2D eigenvalue weighted by Gasteiger charge is 2.40. The van der Waals surface area contributed by atoms with Crippen LogP contribution in [0.2, 0.25) is 0 Å². The van der Waals surface area contributed by atoms with Gasteiger partial charge in [-0.2, -0.15) is 5.10 Å².